The lowest BCUT2D eigenvalue weighted by Crippen LogP contribution is -2.46. The molecule has 0 saturated carbocycles. The predicted molar refractivity (Wildman–Crippen MR) is 36.0 cm³/mol. The largest absolute Gasteiger partial charge is 0.457 e. The fraction of sp³-hybridized carbons (Fsp3) is 0.857. The Kier molecular flexibility index (Phi) is 1.79. The van der Waals surface area contributed by atoms with Crippen LogP contribution in [0.2, 0.25) is 0 Å². The van der Waals surface area contributed by atoms with Crippen LogP contribution in [0, 0.1) is 5.92 Å². The molecule has 0 amide bonds. The average Bonchev–Trinajstić information content (AvgIpc) is 2.41. The summed E-state index contributed by atoms with van der Waals surface area (Å²) in [4.78, 5) is 10.8. The summed E-state index contributed by atoms with van der Waals surface area (Å²) in [6.07, 6.45) is -2.29. The SMILES string of the molecule is O=C1C[C@@H]2[C@@H](O)COC(O)[C@@H]2O1. The Morgan fingerprint density at radius 3 is 2.83 bits per heavy atom. The van der Waals surface area contributed by atoms with Gasteiger partial charge in [0.15, 0.2) is 12.4 Å². The van der Waals surface area contributed by atoms with Crippen molar-refractivity contribution >= 4 is 5.97 Å². The molecule has 0 aromatic carbocycles. The Labute approximate surface area is 68.9 Å². The van der Waals surface area contributed by atoms with Crippen LogP contribution in [0.15, 0.2) is 0 Å². The van der Waals surface area contributed by atoms with E-state index in [1.807, 2.05) is 0 Å². The van der Waals surface area contributed by atoms with Crippen molar-refractivity contribution in [3.8, 4) is 0 Å². The van der Waals surface area contributed by atoms with Crippen LogP contribution in [-0.2, 0) is 14.3 Å². The van der Waals surface area contributed by atoms with Crippen LogP contribution in [-0.4, -0.2) is 41.3 Å². The van der Waals surface area contributed by atoms with Gasteiger partial charge in [-0.2, -0.15) is 0 Å². The molecule has 4 atom stereocenters. The zero-order valence-corrected chi connectivity index (χ0v) is 6.34. The van der Waals surface area contributed by atoms with E-state index < -0.39 is 18.5 Å². The maximum atomic E-state index is 10.8. The summed E-state index contributed by atoms with van der Waals surface area (Å²) < 4.78 is 9.55. The summed E-state index contributed by atoms with van der Waals surface area (Å²) in [6.45, 7) is 0.0684. The van der Waals surface area contributed by atoms with E-state index in [2.05, 4.69) is 0 Å². The molecule has 68 valence electrons. The lowest BCUT2D eigenvalue weighted by Gasteiger charge is -2.31. The standard InChI is InChI=1S/C7H10O5/c8-4-2-11-7(10)6-3(4)1-5(9)12-6/h3-4,6-8,10H,1-2H2/t3-,4+,6-,7?/m1/s1. The van der Waals surface area contributed by atoms with Crippen molar-refractivity contribution in [1.82, 2.24) is 0 Å². The molecule has 5 heteroatoms. The molecule has 2 heterocycles. The quantitative estimate of drug-likeness (QED) is 0.443. The molecule has 0 aliphatic carbocycles. The number of fused-ring (bicyclic) bond motifs is 1. The van der Waals surface area contributed by atoms with Gasteiger partial charge >= 0.3 is 5.97 Å². The number of carbonyl (C=O) groups is 1. The molecule has 2 saturated heterocycles. The van der Waals surface area contributed by atoms with Crippen molar-refractivity contribution in [2.45, 2.75) is 24.9 Å². The van der Waals surface area contributed by atoms with Gasteiger partial charge in [-0.1, -0.05) is 0 Å². The minimum atomic E-state index is -1.08. The van der Waals surface area contributed by atoms with E-state index in [0.29, 0.717) is 0 Å². The summed E-state index contributed by atoms with van der Waals surface area (Å²) in [6, 6.07) is 0. The van der Waals surface area contributed by atoms with E-state index >= 15 is 0 Å². The molecular formula is C7H10O5. The molecule has 5 nitrogen and oxygen atoms in total. The maximum Gasteiger partial charge on any atom is 0.306 e. The van der Waals surface area contributed by atoms with Crippen LogP contribution < -0.4 is 0 Å². The summed E-state index contributed by atoms with van der Waals surface area (Å²) in [5, 5.41) is 18.6. The topological polar surface area (TPSA) is 76.0 Å². The minimum Gasteiger partial charge on any atom is -0.457 e. The van der Waals surface area contributed by atoms with Crippen LogP contribution in [0.1, 0.15) is 6.42 Å². The van der Waals surface area contributed by atoms with Crippen LogP contribution in [0.5, 0.6) is 0 Å². The Balaban J connectivity index is 2.14. The Bertz CT molecular complexity index is 184. The Morgan fingerprint density at radius 2 is 2.17 bits per heavy atom. The fourth-order valence-electron chi connectivity index (χ4n) is 1.64. The highest BCUT2D eigenvalue weighted by molar-refractivity contribution is 5.72. The van der Waals surface area contributed by atoms with Gasteiger partial charge in [0.2, 0.25) is 0 Å². The molecule has 0 spiro atoms. The number of hydrogen-bond acceptors (Lipinski definition) is 5. The molecule has 2 rings (SSSR count). The van der Waals surface area contributed by atoms with E-state index in [9.17, 15) is 15.0 Å². The molecule has 2 N–H and O–H groups in total. The van der Waals surface area contributed by atoms with Gasteiger partial charge in [0.05, 0.1) is 19.1 Å². The summed E-state index contributed by atoms with van der Waals surface area (Å²) >= 11 is 0. The molecule has 0 bridgehead atoms. The molecule has 2 aliphatic heterocycles. The van der Waals surface area contributed by atoms with Crippen LogP contribution >= 0.6 is 0 Å². The van der Waals surface area contributed by atoms with E-state index in [1.54, 1.807) is 0 Å². The van der Waals surface area contributed by atoms with E-state index in [-0.39, 0.29) is 24.9 Å². The van der Waals surface area contributed by atoms with Gasteiger partial charge in [-0.3, -0.25) is 4.79 Å². The number of ether oxygens (including phenoxy) is 2. The third-order valence-corrected chi connectivity index (χ3v) is 2.30. The van der Waals surface area contributed by atoms with Gasteiger partial charge in [0, 0.05) is 5.92 Å². The third kappa shape index (κ3) is 1.10. The molecular weight excluding hydrogens is 164 g/mol. The number of aliphatic hydroxyl groups excluding tert-OH is 2. The average molecular weight is 174 g/mol. The molecule has 2 fully saturated rings. The highest BCUT2D eigenvalue weighted by atomic mass is 16.7. The molecule has 0 radical (unpaired) electrons. The van der Waals surface area contributed by atoms with Gasteiger partial charge in [-0.05, 0) is 0 Å². The van der Waals surface area contributed by atoms with Gasteiger partial charge < -0.3 is 19.7 Å². The summed E-state index contributed by atoms with van der Waals surface area (Å²) in [5.41, 5.74) is 0. The zero-order valence-electron chi connectivity index (χ0n) is 6.34. The lowest BCUT2D eigenvalue weighted by atomic mass is 9.93. The number of esters is 1. The Hall–Kier alpha value is -0.650. The number of hydrogen-bond donors (Lipinski definition) is 2. The first-order valence-corrected chi connectivity index (χ1v) is 3.85. The van der Waals surface area contributed by atoms with E-state index in [0.717, 1.165) is 0 Å². The van der Waals surface area contributed by atoms with Crippen LogP contribution in [0.25, 0.3) is 0 Å². The first kappa shape index (κ1) is 7.97. The first-order chi connectivity index (χ1) is 5.68. The van der Waals surface area contributed by atoms with Crippen LogP contribution in [0.3, 0.4) is 0 Å². The summed E-state index contributed by atoms with van der Waals surface area (Å²) in [5.74, 6) is -0.685. The second-order valence-electron chi connectivity index (χ2n) is 3.11. The maximum absolute atomic E-state index is 10.8. The highest BCUT2D eigenvalue weighted by Crippen LogP contribution is 2.31. The van der Waals surface area contributed by atoms with Crippen molar-refractivity contribution in [3.05, 3.63) is 0 Å². The van der Waals surface area contributed by atoms with Crippen molar-refractivity contribution in [3.63, 3.8) is 0 Å². The second kappa shape index (κ2) is 2.69. The van der Waals surface area contributed by atoms with Crippen molar-refractivity contribution in [2.24, 2.45) is 5.92 Å². The van der Waals surface area contributed by atoms with Crippen molar-refractivity contribution in [1.29, 1.82) is 0 Å². The van der Waals surface area contributed by atoms with Crippen molar-refractivity contribution < 1.29 is 24.5 Å². The van der Waals surface area contributed by atoms with Gasteiger partial charge in [0.1, 0.15) is 0 Å². The molecule has 0 aromatic rings. The molecule has 1 unspecified atom stereocenters. The predicted octanol–water partition coefficient (Wildman–Crippen LogP) is -1.37. The first-order valence-electron chi connectivity index (χ1n) is 3.85. The fourth-order valence-corrected chi connectivity index (χ4v) is 1.64. The van der Waals surface area contributed by atoms with Gasteiger partial charge in [0.25, 0.3) is 0 Å². The van der Waals surface area contributed by atoms with E-state index in [4.69, 9.17) is 9.47 Å². The normalized spacial score (nSPS) is 47.0. The zero-order chi connectivity index (χ0) is 8.72. The lowest BCUT2D eigenvalue weighted by molar-refractivity contribution is -0.226. The second-order valence-corrected chi connectivity index (χ2v) is 3.11. The highest BCUT2D eigenvalue weighted by Gasteiger charge is 2.47. The summed E-state index contributed by atoms with van der Waals surface area (Å²) in [7, 11) is 0. The number of aliphatic hydroxyl groups is 2. The van der Waals surface area contributed by atoms with Crippen molar-refractivity contribution in [2.75, 3.05) is 6.61 Å². The minimum absolute atomic E-state index is 0.0684. The van der Waals surface area contributed by atoms with Crippen LogP contribution in [0.4, 0.5) is 0 Å². The number of rotatable bonds is 0. The van der Waals surface area contributed by atoms with E-state index in [1.165, 1.54) is 0 Å². The molecule has 12 heavy (non-hydrogen) atoms. The van der Waals surface area contributed by atoms with Gasteiger partial charge in [-0.15, -0.1) is 0 Å². The van der Waals surface area contributed by atoms with Gasteiger partial charge in [-0.25, -0.2) is 0 Å². The Morgan fingerprint density at radius 1 is 1.42 bits per heavy atom. The third-order valence-electron chi connectivity index (χ3n) is 2.30. The monoisotopic (exact) mass is 174 g/mol. The number of carbonyl (C=O) groups excluding carboxylic acids is 1. The smallest absolute Gasteiger partial charge is 0.306 e. The molecule has 2 aliphatic rings. The molecule has 0 aromatic heterocycles.